The van der Waals surface area contributed by atoms with Crippen LogP contribution in [0.5, 0.6) is 0 Å². The highest BCUT2D eigenvalue weighted by Crippen LogP contribution is 2.30. The summed E-state index contributed by atoms with van der Waals surface area (Å²) in [5.74, 6) is 0.616. The van der Waals surface area contributed by atoms with Gasteiger partial charge in [-0.15, -0.1) is 0 Å². The molecule has 1 aromatic heterocycles. The minimum Gasteiger partial charge on any atom is -0.228 e. The number of hydrogen-bond acceptors (Lipinski definition) is 2. The minimum absolute atomic E-state index is 0.426. The van der Waals surface area contributed by atoms with Gasteiger partial charge >= 0.3 is 0 Å². The Hall–Kier alpha value is -3.75. The molecule has 0 amide bonds. The number of hydrogen-bond donors (Lipinski definition) is 0. The van der Waals surface area contributed by atoms with Gasteiger partial charge in [0.15, 0.2) is 5.82 Å². The fourth-order valence-corrected chi connectivity index (χ4v) is 3.84. The van der Waals surface area contributed by atoms with Gasteiger partial charge in [-0.25, -0.2) is 9.97 Å². The van der Waals surface area contributed by atoms with Crippen molar-refractivity contribution in [3.63, 3.8) is 0 Å². The molecule has 0 fully saturated rings. The van der Waals surface area contributed by atoms with E-state index in [0.717, 1.165) is 33.5 Å². The zero-order valence-corrected chi connectivity index (χ0v) is 17.5. The predicted octanol–water partition coefficient (Wildman–Crippen LogP) is 7.80. The zero-order chi connectivity index (χ0) is 21.0. The molecule has 0 spiro atoms. The molecule has 0 radical (unpaired) electrons. The molecule has 0 unspecified atom stereocenters. The van der Waals surface area contributed by atoms with Crippen LogP contribution >= 0.6 is 11.6 Å². The smallest absolute Gasteiger partial charge is 0.161 e. The highest BCUT2D eigenvalue weighted by molar-refractivity contribution is 6.29. The Morgan fingerprint density at radius 2 is 0.903 bits per heavy atom. The summed E-state index contributed by atoms with van der Waals surface area (Å²) >= 11 is 6.41. The predicted molar refractivity (Wildman–Crippen MR) is 129 cm³/mol. The fraction of sp³-hybridized carbons (Fsp3) is 0. The van der Waals surface area contributed by atoms with E-state index in [1.165, 1.54) is 5.56 Å². The van der Waals surface area contributed by atoms with Crippen molar-refractivity contribution in [1.29, 1.82) is 0 Å². The Bertz CT molecular complexity index is 1230. The van der Waals surface area contributed by atoms with Crippen LogP contribution in [0.4, 0.5) is 0 Å². The van der Waals surface area contributed by atoms with Gasteiger partial charge in [-0.3, -0.25) is 0 Å². The van der Waals surface area contributed by atoms with Crippen LogP contribution in [0.25, 0.3) is 44.9 Å². The Balaban J connectivity index is 1.56. The van der Waals surface area contributed by atoms with Crippen LogP contribution in [-0.2, 0) is 0 Å². The summed E-state index contributed by atoms with van der Waals surface area (Å²) in [4.78, 5) is 9.35. The summed E-state index contributed by atoms with van der Waals surface area (Å²) in [5.41, 5.74) is 7.32. The average Bonchev–Trinajstić information content (AvgIpc) is 2.85. The van der Waals surface area contributed by atoms with Gasteiger partial charge in [0.1, 0.15) is 5.15 Å². The lowest BCUT2D eigenvalue weighted by Crippen LogP contribution is -1.94. The van der Waals surface area contributed by atoms with Gasteiger partial charge < -0.3 is 0 Å². The maximum absolute atomic E-state index is 6.41. The van der Waals surface area contributed by atoms with Gasteiger partial charge in [-0.1, -0.05) is 109 Å². The molecule has 3 heteroatoms. The van der Waals surface area contributed by atoms with Crippen molar-refractivity contribution in [2.45, 2.75) is 0 Å². The number of nitrogens with zero attached hydrogens (tertiary/aromatic N) is 2. The molecule has 148 valence electrons. The zero-order valence-electron chi connectivity index (χ0n) is 16.7. The molecule has 0 saturated carbocycles. The first-order chi connectivity index (χ1) is 15.3. The van der Waals surface area contributed by atoms with Crippen LogP contribution in [-0.4, -0.2) is 9.97 Å². The van der Waals surface area contributed by atoms with E-state index in [1.807, 2.05) is 60.7 Å². The van der Waals surface area contributed by atoms with E-state index in [9.17, 15) is 0 Å². The largest absolute Gasteiger partial charge is 0.228 e. The first-order valence-electron chi connectivity index (χ1n) is 10.1. The Morgan fingerprint density at radius 3 is 1.52 bits per heavy atom. The molecule has 1 heterocycles. The summed E-state index contributed by atoms with van der Waals surface area (Å²) in [6.45, 7) is 0. The normalized spacial score (nSPS) is 10.7. The van der Waals surface area contributed by atoms with Gasteiger partial charge in [-0.2, -0.15) is 0 Å². The number of halogens is 1. The molecule has 4 aromatic carbocycles. The lowest BCUT2D eigenvalue weighted by molar-refractivity contribution is 1.18. The van der Waals surface area contributed by atoms with Gasteiger partial charge in [-0.05, 0) is 34.4 Å². The maximum Gasteiger partial charge on any atom is 0.161 e. The second-order valence-electron chi connectivity index (χ2n) is 7.29. The van der Waals surface area contributed by atoms with Crippen LogP contribution < -0.4 is 0 Å². The summed E-state index contributed by atoms with van der Waals surface area (Å²) in [5, 5.41) is 0.426. The number of aromatic nitrogens is 2. The molecule has 0 N–H and O–H groups in total. The summed E-state index contributed by atoms with van der Waals surface area (Å²) in [7, 11) is 0. The molecule has 5 aromatic rings. The average molecular weight is 419 g/mol. The van der Waals surface area contributed by atoms with E-state index in [-0.39, 0.29) is 0 Å². The van der Waals surface area contributed by atoms with E-state index >= 15 is 0 Å². The van der Waals surface area contributed by atoms with Crippen molar-refractivity contribution in [2.24, 2.45) is 0 Å². The molecule has 5 rings (SSSR count). The summed E-state index contributed by atoms with van der Waals surface area (Å²) in [6, 6.07) is 39.0. The standard InChI is InChI=1S/C28H19ClN2/c29-27-19-26(24-15-7-13-22(17-24)20-9-3-1-4-10-20)30-28(31-27)25-16-8-14-23(18-25)21-11-5-2-6-12-21/h1-19H. The van der Waals surface area contributed by atoms with Crippen LogP contribution in [0, 0.1) is 0 Å². The van der Waals surface area contributed by atoms with Gasteiger partial charge in [0, 0.05) is 17.2 Å². The molecule has 31 heavy (non-hydrogen) atoms. The van der Waals surface area contributed by atoms with Crippen molar-refractivity contribution >= 4 is 11.6 Å². The topological polar surface area (TPSA) is 25.8 Å². The maximum atomic E-state index is 6.41. The van der Waals surface area contributed by atoms with Crippen molar-refractivity contribution in [3.8, 4) is 44.9 Å². The summed E-state index contributed by atoms with van der Waals surface area (Å²) < 4.78 is 0. The molecule has 0 aliphatic heterocycles. The number of rotatable bonds is 4. The van der Waals surface area contributed by atoms with Gasteiger partial charge in [0.05, 0.1) is 5.69 Å². The van der Waals surface area contributed by atoms with Crippen molar-refractivity contribution in [1.82, 2.24) is 9.97 Å². The van der Waals surface area contributed by atoms with Crippen LogP contribution in [0.2, 0.25) is 5.15 Å². The van der Waals surface area contributed by atoms with Crippen LogP contribution in [0.15, 0.2) is 115 Å². The quantitative estimate of drug-likeness (QED) is 0.278. The first-order valence-corrected chi connectivity index (χ1v) is 10.5. The SMILES string of the molecule is Clc1cc(-c2cccc(-c3ccccc3)c2)nc(-c2cccc(-c3ccccc3)c2)n1. The molecule has 0 aliphatic rings. The minimum atomic E-state index is 0.426. The molecule has 0 bridgehead atoms. The monoisotopic (exact) mass is 418 g/mol. The lowest BCUT2D eigenvalue weighted by atomic mass is 10.0. The highest BCUT2D eigenvalue weighted by Gasteiger charge is 2.10. The van der Waals surface area contributed by atoms with Crippen molar-refractivity contribution in [2.75, 3.05) is 0 Å². The Morgan fingerprint density at radius 1 is 0.419 bits per heavy atom. The van der Waals surface area contributed by atoms with E-state index in [1.54, 1.807) is 0 Å². The van der Waals surface area contributed by atoms with E-state index in [0.29, 0.717) is 11.0 Å². The Kier molecular flexibility index (Phi) is 5.30. The second kappa shape index (κ2) is 8.55. The van der Waals surface area contributed by atoms with Crippen LogP contribution in [0.1, 0.15) is 0 Å². The third kappa shape index (κ3) is 4.25. The lowest BCUT2D eigenvalue weighted by Gasteiger charge is -2.09. The molecular weight excluding hydrogens is 400 g/mol. The fourth-order valence-electron chi connectivity index (χ4n) is 3.65. The third-order valence-corrected chi connectivity index (χ3v) is 5.38. The third-order valence-electron chi connectivity index (χ3n) is 5.19. The Labute approximate surface area is 186 Å². The first kappa shape index (κ1) is 19.2. The van der Waals surface area contributed by atoms with Crippen molar-refractivity contribution < 1.29 is 0 Å². The van der Waals surface area contributed by atoms with Gasteiger partial charge in [0.2, 0.25) is 0 Å². The summed E-state index contributed by atoms with van der Waals surface area (Å²) in [6.07, 6.45) is 0. The molecule has 0 aliphatic carbocycles. The molecule has 0 atom stereocenters. The number of benzene rings is 4. The highest BCUT2D eigenvalue weighted by atomic mass is 35.5. The van der Waals surface area contributed by atoms with E-state index in [2.05, 4.69) is 59.6 Å². The van der Waals surface area contributed by atoms with E-state index < -0.39 is 0 Å². The van der Waals surface area contributed by atoms with E-state index in [4.69, 9.17) is 16.6 Å². The van der Waals surface area contributed by atoms with Gasteiger partial charge in [0.25, 0.3) is 0 Å². The van der Waals surface area contributed by atoms with Crippen molar-refractivity contribution in [3.05, 3.63) is 120 Å². The molecular formula is C28H19ClN2. The van der Waals surface area contributed by atoms with Crippen LogP contribution in [0.3, 0.4) is 0 Å². The molecule has 0 saturated heterocycles. The molecule has 2 nitrogen and oxygen atoms in total. The second-order valence-corrected chi connectivity index (χ2v) is 7.68.